The van der Waals surface area contributed by atoms with Gasteiger partial charge in [-0.2, -0.15) is 0 Å². The maximum absolute atomic E-state index is 12.4. The predicted molar refractivity (Wildman–Crippen MR) is 85.6 cm³/mol. The van der Waals surface area contributed by atoms with Crippen LogP contribution in [0.25, 0.3) is 0 Å². The van der Waals surface area contributed by atoms with Crippen molar-refractivity contribution >= 4 is 5.91 Å². The van der Waals surface area contributed by atoms with Gasteiger partial charge in [0.1, 0.15) is 11.5 Å². The molecule has 1 fully saturated rings. The van der Waals surface area contributed by atoms with Crippen molar-refractivity contribution in [2.75, 3.05) is 33.4 Å². The van der Waals surface area contributed by atoms with Gasteiger partial charge >= 0.3 is 0 Å². The quantitative estimate of drug-likeness (QED) is 0.876. The zero-order valence-corrected chi connectivity index (χ0v) is 14.1. The highest BCUT2D eigenvalue weighted by molar-refractivity contribution is 5.78. The van der Waals surface area contributed by atoms with Crippen molar-refractivity contribution in [3.63, 3.8) is 0 Å². The van der Waals surface area contributed by atoms with E-state index in [1.54, 1.807) is 7.11 Å². The molecule has 0 saturated carbocycles. The Morgan fingerprint density at radius 1 is 1.41 bits per heavy atom. The molecule has 0 aliphatic carbocycles. The van der Waals surface area contributed by atoms with Crippen LogP contribution >= 0.6 is 0 Å². The lowest BCUT2D eigenvalue weighted by Gasteiger charge is -2.35. The number of carbonyl (C=O) groups excluding carboxylic acids is 1. The number of aryl methyl sites for hydroxylation is 1. The lowest BCUT2D eigenvalue weighted by molar-refractivity contribution is -0.133. The smallest absolute Gasteiger partial charge is 0.236 e. The summed E-state index contributed by atoms with van der Waals surface area (Å²) < 4.78 is 10.9. The van der Waals surface area contributed by atoms with Gasteiger partial charge in [0.05, 0.1) is 19.2 Å². The van der Waals surface area contributed by atoms with Crippen molar-refractivity contribution in [2.24, 2.45) is 11.8 Å². The minimum absolute atomic E-state index is 0.0951. The lowest BCUT2D eigenvalue weighted by Crippen LogP contribution is -2.46. The van der Waals surface area contributed by atoms with E-state index in [9.17, 15) is 4.79 Å². The number of amides is 1. The number of methoxy groups -OCH3 is 1. The van der Waals surface area contributed by atoms with Gasteiger partial charge in [0.25, 0.3) is 0 Å². The van der Waals surface area contributed by atoms with Crippen molar-refractivity contribution in [1.29, 1.82) is 0 Å². The molecule has 22 heavy (non-hydrogen) atoms. The van der Waals surface area contributed by atoms with Crippen LogP contribution in [0, 0.1) is 18.8 Å². The van der Waals surface area contributed by atoms with Crippen LogP contribution in [-0.4, -0.2) is 44.2 Å². The zero-order chi connectivity index (χ0) is 16.1. The summed E-state index contributed by atoms with van der Waals surface area (Å²) in [6, 6.07) is 3.76. The molecule has 1 amide bonds. The molecule has 0 radical (unpaired) electrons. The third-order valence-corrected chi connectivity index (χ3v) is 4.16. The molecule has 2 heterocycles. The molecule has 5 nitrogen and oxygen atoms in total. The van der Waals surface area contributed by atoms with Gasteiger partial charge in [0.2, 0.25) is 5.91 Å². The highest BCUT2D eigenvalue weighted by Crippen LogP contribution is 2.21. The molecule has 1 N–H and O–H groups in total. The van der Waals surface area contributed by atoms with Crippen LogP contribution in [0.15, 0.2) is 16.5 Å². The fourth-order valence-electron chi connectivity index (χ4n) is 3.24. The Balaban J connectivity index is 1.90. The molecule has 1 aromatic heterocycles. The number of carbonyl (C=O) groups is 1. The number of piperidine rings is 1. The van der Waals surface area contributed by atoms with Crippen LogP contribution in [0.5, 0.6) is 0 Å². The molecule has 0 unspecified atom stereocenters. The molecule has 1 aromatic rings. The standard InChI is InChI=1S/C17H28N2O3/c1-12-7-13(2)10-19(9-12)17(20)8-18-15(11-21-4)16-6-5-14(3)22-16/h5-6,12-13,15,18H,7-11H2,1-4H3/t12-,13+,15-/m0/s1. The topological polar surface area (TPSA) is 54.7 Å². The number of likely N-dealkylation sites (tertiary alicyclic amines) is 1. The van der Waals surface area contributed by atoms with E-state index in [0.29, 0.717) is 25.0 Å². The van der Waals surface area contributed by atoms with Crippen LogP contribution < -0.4 is 5.32 Å². The minimum atomic E-state index is -0.0951. The van der Waals surface area contributed by atoms with Gasteiger partial charge in [-0.15, -0.1) is 0 Å². The second-order valence-corrected chi connectivity index (χ2v) is 6.58. The van der Waals surface area contributed by atoms with Gasteiger partial charge in [-0.25, -0.2) is 0 Å². The van der Waals surface area contributed by atoms with Crippen LogP contribution in [0.1, 0.15) is 37.8 Å². The Kier molecular flexibility index (Phi) is 6.03. The summed E-state index contributed by atoms with van der Waals surface area (Å²) in [6.45, 7) is 8.85. The first-order chi connectivity index (χ1) is 10.5. The number of nitrogens with one attached hydrogen (secondary N) is 1. The molecule has 124 valence electrons. The average Bonchev–Trinajstić information content (AvgIpc) is 2.88. The average molecular weight is 308 g/mol. The van der Waals surface area contributed by atoms with E-state index < -0.39 is 0 Å². The molecular weight excluding hydrogens is 280 g/mol. The summed E-state index contributed by atoms with van der Waals surface area (Å²) in [7, 11) is 1.65. The fraction of sp³-hybridized carbons (Fsp3) is 0.706. The van der Waals surface area contributed by atoms with Crippen LogP contribution in [0.4, 0.5) is 0 Å². The van der Waals surface area contributed by atoms with E-state index in [-0.39, 0.29) is 11.9 Å². The summed E-state index contributed by atoms with van der Waals surface area (Å²) in [5.74, 6) is 2.99. The van der Waals surface area contributed by atoms with Gasteiger partial charge in [-0.1, -0.05) is 13.8 Å². The molecular formula is C17H28N2O3. The Labute approximate surface area is 133 Å². The fourth-order valence-corrected chi connectivity index (χ4v) is 3.24. The molecule has 1 saturated heterocycles. The van der Waals surface area contributed by atoms with Crippen molar-refractivity contribution in [3.05, 3.63) is 23.7 Å². The summed E-state index contributed by atoms with van der Waals surface area (Å²) in [4.78, 5) is 14.4. The summed E-state index contributed by atoms with van der Waals surface area (Å²) in [5.41, 5.74) is 0. The first-order valence-electron chi connectivity index (χ1n) is 8.06. The summed E-state index contributed by atoms with van der Waals surface area (Å²) >= 11 is 0. The van der Waals surface area contributed by atoms with Crippen molar-refractivity contribution in [2.45, 2.75) is 33.2 Å². The van der Waals surface area contributed by atoms with Crippen molar-refractivity contribution in [1.82, 2.24) is 10.2 Å². The zero-order valence-electron chi connectivity index (χ0n) is 14.1. The number of ether oxygens (including phenoxy) is 1. The minimum Gasteiger partial charge on any atom is -0.465 e. The molecule has 2 rings (SSSR count). The number of nitrogens with zero attached hydrogens (tertiary/aromatic N) is 1. The van der Waals surface area contributed by atoms with Gasteiger partial charge in [0.15, 0.2) is 0 Å². The Morgan fingerprint density at radius 2 is 2.09 bits per heavy atom. The van der Waals surface area contributed by atoms with E-state index in [1.165, 1.54) is 6.42 Å². The van der Waals surface area contributed by atoms with Gasteiger partial charge in [-0.05, 0) is 37.3 Å². The highest BCUT2D eigenvalue weighted by atomic mass is 16.5. The Bertz CT molecular complexity index is 476. The number of hydrogen-bond acceptors (Lipinski definition) is 4. The molecule has 0 spiro atoms. The maximum Gasteiger partial charge on any atom is 0.236 e. The molecule has 5 heteroatoms. The maximum atomic E-state index is 12.4. The lowest BCUT2D eigenvalue weighted by atomic mass is 9.92. The van der Waals surface area contributed by atoms with E-state index in [0.717, 1.165) is 24.6 Å². The van der Waals surface area contributed by atoms with Crippen LogP contribution in [0.2, 0.25) is 0 Å². The van der Waals surface area contributed by atoms with E-state index >= 15 is 0 Å². The number of furan rings is 1. The third-order valence-electron chi connectivity index (χ3n) is 4.16. The van der Waals surface area contributed by atoms with E-state index in [1.807, 2.05) is 24.0 Å². The van der Waals surface area contributed by atoms with Gasteiger partial charge in [-0.3, -0.25) is 10.1 Å². The normalized spacial score (nSPS) is 23.5. The highest BCUT2D eigenvalue weighted by Gasteiger charge is 2.26. The molecule has 1 aliphatic heterocycles. The first kappa shape index (κ1) is 17.0. The van der Waals surface area contributed by atoms with Gasteiger partial charge < -0.3 is 14.1 Å². The second kappa shape index (κ2) is 7.79. The molecule has 3 atom stereocenters. The summed E-state index contributed by atoms with van der Waals surface area (Å²) in [6.07, 6.45) is 1.20. The Morgan fingerprint density at radius 3 is 2.64 bits per heavy atom. The van der Waals surface area contributed by atoms with Crippen molar-refractivity contribution < 1.29 is 13.9 Å². The molecule has 0 aromatic carbocycles. The SMILES string of the molecule is COC[C@H](NCC(=O)N1C[C@H](C)C[C@H](C)C1)c1ccc(C)o1. The van der Waals surface area contributed by atoms with Crippen LogP contribution in [0.3, 0.4) is 0 Å². The second-order valence-electron chi connectivity index (χ2n) is 6.58. The van der Waals surface area contributed by atoms with Gasteiger partial charge in [0, 0.05) is 20.2 Å². The molecule has 0 bridgehead atoms. The largest absolute Gasteiger partial charge is 0.465 e. The Hall–Kier alpha value is -1.33. The van der Waals surface area contributed by atoms with E-state index in [2.05, 4.69) is 19.2 Å². The van der Waals surface area contributed by atoms with Crippen molar-refractivity contribution in [3.8, 4) is 0 Å². The molecule has 1 aliphatic rings. The monoisotopic (exact) mass is 308 g/mol. The third kappa shape index (κ3) is 4.58. The predicted octanol–water partition coefficient (Wildman–Crippen LogP) is 2.37. The number of hydrogen-bond donors (Lipinski definition) is 1. The first-order valence-corrected chi connectivity index (χ1v) is 8.06. The van der Waals surface area contributed by atoms with Crippen LogP contribution in [-0.2, 0) is 9.53 Å². The van der Waals surface area contributed by atoms with E-state index in [4.69, 9.17) is 9.15 Å². The summed E-state index contributed by atoms with van der Waals surface area (Å²) in [5, 5.41) is 3.27. The number of rotatable bonds is 6.